The van der Waals surface area contributed by atoms with E-state index in [1.165, 1.54) is 0 Å². The van der Waals surface area contributed by atoms with Crippen molar-refractivity contribution in [2.24, 2.45) is 0 Å². The van der Waals surface area contributed by atoms with Gasteiger partial charge in [-0.3, -0.25) is 0 Å². The maximum atomic E-state index is 12.7. The third-order valence-electron chi connectivity index (χ3n) is 1.21. The summed E-state index contributed by atoms with van der Waals surface area (Å²) in [5.41, 5.74) is 0. The molecular formula is C8H5F3O. The molecule has 1 rings (SSSR count). The SMILES string of the molecule is C=COc1ccc(F)c(F)c1F. The van der Waals surface area contributed by atoms with E-state index in [0.29, 0.717) is 0 Å². The molecule has 0 spiro atoms. The summed E-state index contributed by atoms with van der Waals surface area (Å²) in [7, 11) is 0. The predicted molar refractivity (Wildman–Crippen MR) is 37.1 cm³/mol. The first kappa shape index (κ1) is 8.64. The number of benzene rings is 1. The maximum absolute atomic E-state index is 12.7. The lowest BCUT2D eigenvalue weighted by Crippen LogP contribution is -1.93. The summed E-state index contributed by atoms with van der Waals surface area (Å²) in [4.78, 5) is 0. The molecule has 1 aromatic rings. The third-order valence-corrected chi connectivity index (χ3v) is 1.21. The fraction of sp³-hybridized carbons (Fsp3) is 0. The fourth-order valence-corrected chi connectivity index (χ4v) is 0.689. The monoisotopic (exact) mass is 174 g/mol. The summed E-state index contributed by atoms with van der Waals surface area (Å²) in [6.07, 6.45) is 0.926. The molecule has 0 amide bonds. The van der Waals surface area contributed by atoms with Crippen LogP contribution in [0.3, 0.4) is 0 Å². The van der Waals surface area contributed by atoms with Gasteiger partial charge in [-0.15, -0.1) is 0 Å². The van der Waals surface area contributed by atoms with Crippen LogP contribution in [-0.2, 0) is 0 Å². The van der Waals surface area contributed by atoms with Crippen LogP contribution in [0.15, 0.2) is 25.0 Å². The summed E-state index contributed by atoms with van der Waals surface area (Å²) < 4.78 is 41.9. The highest BCUT2D eigenvalue weighted by Crippen LogP contribution is 2.21. The second kappa shape index (κ2) is 3.30. The highest BCUT2D eigenvalue weighted by Gasteiger charge is 2.13. The van der Waals surface area contributed by atoms with Crippen molar-refractivity contribution < 1.29 is 17.9 Å². The Morgan fingerprint density at radius 3 is 2.42 bits per heavy atom. The second-order valence-electron chi connectivity index (χ2n) is 1.96. The Bertz CT molecular complexity index is 309. The maximum Gasteiger partial charge on any atom is 0.204 e. The van der Waals surface area contributed by atoms with Gasteiger partial charge >= 0.3 is 0 Å². The molecule has 0 saturated carbocycles. The van der Waals surface area contributed by atoms with Gasteiger partial charge in [0.1, 0.15) is 0 Å². The Morgan fingerprint density at radius 1 is 1.17 bits per heavy atom. The van der Waals surface area contributed by atoms with Crippen molar-refractivity contribution in [1.29, 1.82) is 0 Å². The van der Waals surface area contributed by atoms with Crippen LogP contribution in [0.2, 0.25) is 0 Å². The van der Waals surface area contributed by atoms with Crippen molar-refractivity contribution in [1.82, 2.24) is 0 Å². The van der Waals surface area contributed by atoms with Gasteiger partial charge in [-0.25, -0.2) is 8.78 Å². The molecule has 12 heavy (non-hydrogen) atoms. The van der Waals surface area contributed by atoms with Crippen molar-refractivity contribution in [2.45, 2.75) is 0 Å². The molecule has 0 aliphatic heterocycles. The highest BCUT2D eigenvalue weighted by atomic mass is 19.2. The minimum Gasteiger partial charge on any atom is -0.462 e. The minimum atomic E-state index is -1.55. The minimum absolute atomic E-state index is 0.385. The zero-order chi connectivity index (χ0) is 9.14. The van der Waals surface area contributed by atoms with Gasteiger partial charge in [0.25, 0.3) is 0 Å². The van der Waals surface area contributed by atoms with Crippen molar-refractivity contribution in [3.63, 3.8) is 0 Å². The summed E-state index contributed by atoms with van der Waals surface area (Å²) in [6, 6.07) is 1.76. The number of rotatable bonds is 2. The van der Waals surface area contributed by atoms with Gasteiger partial charge in [0.05, 0.1) is 6.26 Å². The van der Waals surface area contributed by atoms with E-state index in [-0.39, 0.29) is 5.75 Å². The van der Waals surface area contributed by atoms with Gasteiger partial charge < -0.3 is 4.74 Å². The average molecular weight is 174 g/mol. The topological polar surface area (TPSA) is 9.23 Å². The van der Waals surface area contributed by atoms with Crippen LogP contribution < -0.4 is 4.74 Å². The van der Waals surface area contributed by atoms with Gasteiger partial charge in [-0.1, -0.05) is 6.58 Å². The van der Waals surface area contributed by atoms with E-state index in [1.807, 2.05) is 0 Å². The lowest BCUT2D eigenvalue weighted by Gasteiger charge is -2.01. The Morgan fingerprint density at radius 2 is 1.83 bits per heavy atom. The molecule has 0 N–H and O–H groups in total. The largest absolute Gasteiger partial charge is 0.462 e. The van der Waals surface area contributed by atoms with E-state index < -0.39 is 17.5 Å². The van der Waals surface area contributed by atoms with Gasteiger partial charge in [0.15, 0.2) is 17.4 Å². The zero-order valence-corrected chi connectivity index (χ0v) is 5.98. The lowest BCUT2D eigenvalue weighted by molar-refractivity contribution is 0.394. The van der Waals surface area contributed by atoms with E-state index >= 15 is 0 Å². The Kier molecular flexibility index (Phi) is 2.38. The molecule has 0 aromatic heterocycles. The Hall–Kier alpha value is -1.45. The van der Waals surface area contributed by atoms with Crippen LogP contribution in [0.1, 0.15) is 0 Å². The van der Waals surface area contributed by atoms with Crippen molar-refractivity contribution in [2.75, 3.05) is 0 Å². The van der Waals surface area contributed by atoms with Crippen LogP contribution in [0.5, 0.6) is 5.75 Å². The van der Waals surface area contributed by atoms with Gasteiger partial charge in [-0.05, 0) is 12.1 Å². The molecule has 0 aliphatic rings. The molecule has 1 aromatic carbocycles. The molecule has 4 heteroatoms. The predicted octanol–water partition coefficient (Wildman–Crippen LogP) is 2.63. The van der Waals surface area contributed by atoms with E-state index in [4.69, 9.17) is 0 Å². The smallest absolute Gasteiger partial charge is 0.204 e. The first-order valence-corrected chi connectivity index (χ1v) is 3.08. The molecule has 1 nitrogen and oxygen atoms in total. The number of ether oxygens (including phenoxy) is 1. The highest BCUT2D eigenvalue weighted by molar-refractivity contribution is 5.26. The summed E-state index contributed by atoms with van der Waals surface area (Å²) in [5.74, 6) is -4.53. The van der Waals surface area contributed by atoms with E-state index in [9.17, 15) is 13.2 Å². The van der Waals surface area contributed by atoms with Crippen LogP contribution in [0.25, 0.3) is 0 Å². The molecule has 0 aliphatic carbocycles. The van der Waals surface area contributed by atoms with Gasteiger partial charge in [-0.2, -0.15) is 4.39 Å². The Labute approximate surface area is 67.1 Å². The Balaban J connectivity index is 3.16. The normalized spacial score (nSPS) is 9.58. The number of hydrogen-bond acceptors (Lipinski definition) is 1. The molecule has 0 bridgehead atoms. The average Bonchev–Trinajstić information content (AvgIpc) is 2.07. The quantitative estimate of drug-likeness (QED) is 0.494. The van der Waals surface area contributed by atoms with Crippen LogP contribution in [0, 0.1) is 17.5 Å². The van der Waals surface area contributed by atoms with Crippen LogP contribution in [-0.4, -0.2) is 0 Å². The molecule has 0 atom stereocenters. The fourth-order valence-electron chi connectivity index (χ4n) is 0.689. The molecule has 0 fully saturated rings. The molecule has 64 valence electrons. The molecular weight excluding hydrogens is 169 g/mol. The molecule has 0 radical (unpaired) electrons. The van der Waals surface area contributed by atoms with Crippen LogP contribution >= 0.6 is 0 Å². The van der Waals surface area contributed by atoms with E-state index in [2.05, 4.69) is 11.3 Å². The summed E-state index contributed by atoms with van der Waals surface area (Å²) in [5, 5.41) is 0. The first-order valence-electron chi connectivity index (χ1n) is 3.08. The second-order valence-corrected chi connectivity index (χ2v) is 1.96. The number of halogens is 3. The summed E-state index contributed by atoms with van der Waals surface area (Å²) >= 11 is 0. The van der Waals surface area contributed by atoms with Crippen molar-refractivity contribution >= 4 is 0 Å². The molecule has 0 heterocycles. The molecule has 0 saturated heterocycles. The first-order chi connectivity index (χ1) is 5.66. The van der Waals surface area contributed by atoms with Gasteiger partial charge in [0.2, 0.25) is 5.82 Å². The standard InChI is InChI=1S/C8H5F3O/c1-2-12-6-4-3-5(9)7(10)8(6)11/h2-4H,1H2. The lowest BCUT2D eigenvalue weighted by atomic mass is 10.3. The third kappa shape index (κ3) is 1.42. The van der Waals surface area contributed by atoms with Gasteiger partial charge in [0, 0.05) is 0 Å². The number of hydrogen-bond donors (Lipinski definition) is 0. The summed E-state index contributed by atoms with van der Waals surface area (Å²) in [6.45, 7) is 3.14. The van der Waals surface area contributed by atoms with Crippen molar-refractivity contribution in [3.8, 4) is 5.75 Å². The van der Waals surface area contributed by atoms with E-state index in [1.54, 1.807) is 0 Å². The van der Waals surface area contributed by atoms with Crippen molar-refractivity contribution in [3.05, 3.63) is 42.4 Å². The molecule has 0 unspecified atom stereocenters. The van der Waals surface area contributed by atoms with E-state index in [0.717, 1.165) is 18.4 Å². The zero-order valence-electron chi connectivity index (χ0n) is 5.98. The van der Waals surface area contributed by atoms with Crippen LogP contribution in [0.4, 0.5) is 13.2 Å².